The van der Waals surface area contributed by atoms with Crippen LogP contribution in [0.25, 0.3) is 0 Å². The Morgan fingerprint density at radius 3 is 2.75 bits per heavy atom. The molecule has 0 fully saturated rings. The predicted octanol–water partition coefficient (Wildman–Crippen LogP) is 3.53. The molecule has 1 unspecified atom stereocenters. The van der Waals surface area contributed by atoms with Crippen LogP contribution in [0.15, 0.2) is 22.7 Å². The van der Waals surface area contributed by atoms with Crippen molar-refractivity contribution in [2.45, 2.75) is 32.9 Å². The minimum absolute atomic E-state index is 0.0431. The summed E-state index contributed by atoms with van der Waals surface area (Å²) in [6.07, 6.45) is -0.960. The number of aliphatic hydroxyl groups excluding tert-OH is 1. The molecule has 0 radical (unpaired) electrons. The van der Waals surface area contributed by atoms with Crippen molar-refractivity contribution in [1.82, 2.24) is 9.78 Å². The van der Waals surface area contributed by atoms with Crippen molar-refractivity contribution in [3.8, 4) is 0 Å². The van der Waals surface area contributed by atoms with Crippen LogP contribution in [0.3, 0.4) is 0 Å². The molecule has 1 aromatic carbocycles. The van der Waals surface area contributed by atoms with E-state index < -0.39 is 17.7 Å². The Morgan fingerprint density at radius 2 is 2.10 bits per heavy atom. The van der Waals surface area contributed by atoms with E-state index in [2.05, 4.69) is 21.0 Å². The zero-order chi connectivity index (χ0) is 14.9. The fourth-order valence-corrected chi connectivity index (χ4v) is 2.57. The molecule has 0 aliphatic heterocycles. The number of aryl methyl sites for hydroxylation is 2. The van der Waals surface area contributed by atoms with Gasteiger partial charge in [-0.05, 0) is 48.0 Å². The maximum atomic E-state index is 13.7. The second-order valence-electron chi connectivity index (χ2n) is 4.55. The topological polar surface area (TPSA) is 38.0 Å². The Labute approximate surface area is 124 Å². The summed E-state index contributed by atoms with van der Waals surface area (Å²) in [6, 6.07) is 3.07. The van der Waals surface area contributed by atoms with Gasteiger partial charge in [-0.3, -0.25) is 4.68 Å². The first-order valence-electron chi connectivity index (χ1n) is 6.28. The van der Waals surface area contributed by atoms with Crippen molar-refractivity contribution in [2.24, 2.45) is 0 Å². The second-order valence-corrected chi connectivity index (χ2v) is 5.34. The molecule has 1 heterocycles. The fraction of sp³-hybridized carbons (Fsp3) is 0.357. The number of rotatable bonds is 4. The van der Waals surface area contributed by atoms with Gasteiger partial charge in [0.05, 0.1) is 22.0 Å². The van der Waals surface area contributed by atoms with E-state index in [1.165, 1.54) is 0 Å². The summed E-state index contributed by atoms with van der Waals surface area (Å²) in [5.74, 6) is -1.19. The molecular weight excluding hydrogens is 330 g/mol. The van der Waals surface area contributed by atoms with Crippen LogP contribution in [0.2, 0.25) is 0 Å². The van der Waals surface area contributed by atoms with Gasteiger partial charge in [-0.2, -0.15) is 5.10 Å². The normalized spacial score (nSPS) is 12.7. The van der Waals surface area contributed by atoms with E-state index in [1.807, 2.05) is 13.8 Å². The molecule has 1 aromatic heterocycles. The molecule has 2 rings (SSSR count). The zero-order valence-corrected chi connectivity index (χ0v) is 12.8. The van der Waals surface area contributed by atoms with Gasteiger partial charge in [0.1, 0.15) is 11.6 Å². The lowest BCUT2D eigenvalue weighted by molar-refractivity contribution is 0.170. The number of hydrogen-bond donors (Lipinski definition) is 1. The van der Waals surface area contributed by atoms with Gasteiger partial charge in [0.25, 0.3) is 0 Å². The lowest BCUT2D eigenvalue weighted by atomic mass is 10.0. The third-order valence-corrected chi connectivity index (χ3v) is 4.19. The smallest absolute Gasteiger partial charge is 0.129 e. The number of aromatic nitrogens is 2. The molecule has 0 saturated carbocycles. The Hall–Kier alpha value is -1.27. The molecule has 1 atom stereocenters. The highest BCUT2D eigenvalue weighted by molar-refractivity contribution is 9.10. The van der Waals surface area contributed by atoms with Gasteiger partial charge in [-0.15, -0.1) is 0 Å². The van der Waals surface area contributed by atoms with E-state index in [-0.39, 0.29) is 12.0 Å². The number of hydrogen-bond acceptors (Lipinski definition) is 2. The van der Waals surface area contributed by atoms with Crippen LogP contribution in [-0.2, 0) is 13.0 Å². The van der Waals surface area contributed by atoms with E-state index in [0.29, 0.717) is 6.54 Å². The predicted molar refractivity (Wildman–Crippen MR) is 75.4 cm³/mol. The summed E-state index contributed by atoms with van der Waals surface area (Å²) < 4.78 is 29.3. The van der Waals surface area contributed by atoms with Crippen molar-refractivity contribution in [3.63, 3.8) is 0 Å². The van der Waals surface area contributed by atoms with Gasteiger partial charge in [0, 0.05) is 18.5 Å². The lowest BCUT2D eigenvalue weighted by Gasteiger charge is -2.13. The third-order valence-electron chi connectivity index (χ3n) is 3.16. The van der Waals surface area contributed by atoms with Crippen LogP contribution >= 0.6 is 15.9 Å². The van der Waals surface area contributed by atoms with Crippen LogP contribution in [0, 0.1) is 18.6 Å². The van der Waals surface area contributed by atoms with Crippen LogP contribution in [0.1, 0.15) is 30.0 Å². The second kappa shape index (κ2) is 6.01. The summed E-state index contributed by atoms with van der Waals surface area (Å²) >= 11 is 3.41. The van der Waals surface area contributed by atoms with Gasteiger partial charge >= 0.3 is 0 Å². The van der Waals surface area contributed by atoms with Crippen molar-refractivity contribution in [3.05, 3.63) is 51.3 Å². The zero-order valence-electron chi connectivity index (χ0n) is 11.2. The highest BCUT2D eigenvalue weighted by Crippen LogP contribution is 2.28. The number of nitrogens with zero attached hydrogens (tertiary/aromatic N) is 2. The Kier molecular flexibility index (Phi) is 4.55. The van der Waals surface area contributed by atoms with E-state index >= 15 is 0 Å². The summed E-state index contributed by atoms with van der Waals surface area (Å²) in [7, 11) is 0. The van der Waals surface area contributed by atoms with Crippen LogP contribution in [0.5, 0.6) is 0 Å². The number of benzene rings is 1. The molecule has 0 amide bonds. The highest BCUT2D eigenvalue weighted by Gasteiger charge is 2.20. The summed E-state index contributed by atoms with van der Waals surface area (Å²) in [5, 5.41) is 14.5. The molecule has 0 spiro atoms. The standard InChI is InChI=1S/C14H15BrF2N2O/c1-3-19-12(14(15)8(2)18-19)7-13(20)10-6-9(16)4-5-11(10)17/h4-6,13,20H,3,7H2,1-2H3. The third kappa shape index (κ3) is 2.91. The van der Waals surface area contributed by atoms with Gasteiger partial charge in [0.2, 0.25) is 0 Å². The Bertz CT molecular complexity index is 628. The van der Waals surface area contributed by atoms with Gasteiger partial charge < -0.3 is 5.11 Å². The maximum absolute atomic E-state index is 13.7. The monoisotopic (exact) mass is 344 g/mol. The first-order chi connectivity index (χ1) is 9.43. The van der Waals surface area contributed by atoms with Crippen LogP contribution in [0.4, 0.5) is 8.78 Å². The average molecular weight is 345 g/mol. The molecule has 0 aliphatic rings. The van der Waals surface area contributed by atoms with E-state index in [9.17, 15) is 13.9 Å². The van der Waals surface area contributed by atoms with E-state index in [4.69, 9.17) is 0 Å². The number of halogens is 3. The largest absolute Gasteiger partial charge is 0.388 e. The summed E-state index contributed by atoms with van der Waals surface area (Å²) in [5.41, 5.74) is 1.52. The van der Waals surface area contributed by atoms with Crippen LogP contribution in [-0.4, -0.2) is 14.9 Å². The summed E-state index contributed by atoms with van der Waals surface area (Å²) in [6.45, 7) is 4.41. The van der Waals surface area contributed by atoms with Gasteiger partial charge in [-0.25, -0.2) is 8.78 Å². The van der Waals surface area contributed by atoms with Crippen molar-refractivity contribution in [1.29, 1.82) is 0 Å². The molecule has 20 heavy (non-hydrogen) atoms. The highest BCUT2D eigenvalue weighted by atomic mass is 79.9. The molecule has 6 heteroatoms. The van der Waals surface area contributed by atoms with Gasteiger partial charge in [-0.1, -0.05) is 0 Å². The first kappa shape index (κ1) is 15.1. The number of aliphatic hydroxyl groups is 1. The van der Waals surface area contributed by atoms with Crippen LogP contribution < -0.4 is 0 Å². The first-order valence-corrected chi connectivity index (χ1v) is 7.08. The molecule has 108 valence electrons. The minimum Gasteiger partial charge on any atom is -0.388 e. The molecule has 0 bridgehead atoms. The molecule has 2 aromatic rings. The Morgan fingerprint density at radius 1 is 1.40 bits per heavy atom. The molecule has 1 N–H and O–H groups in total. The SMILES string of the molecule is CCn1nc(C)c(Br)c1CC(O)c1cc(F)ccc1F. The van der Waals surface area contributed by atoms with E-state index in [1.54, 1.807) is 4.68 Å². The average Bonchev–Trinajstić information content (AvgIpc) is 2.69. The molecule has 0 saturated heterocycles. The minimum atomic E-state index is -1.12. The Balaban J connectivity index is 2.32. The van der Waals surface area contributed by atoms with Crippen molar-refractivity contribution < 1.29 is 13.9 Å². The fourth-order valence-electron chi connectivity index (χ4n) is 2.13. The molecular formula is C14H15BrF2N2O. The van der Waals surface area contributed by atoms with Crippen molar-refractivity contribution in [2.75, 3.05) is 0 Å². The molecule has 3 nitrogen and oxygen atoms in total. The van der Waals surface area contributed by atoms with E-state index in [0.717, 1.165) is 34.1 Å². The summed E-state index contributed by atoms with van der Waals surface area (Å²) in [4.78, 5) is 0. The van der Waals surface area contributed by atoms with Gasteiger partial charge in [0.15, 0.2) is 0 Å². The maximum Gasteiger partial charge on any atom is 0.129 e. The molecule has 0 aliphatic carbocycles. The van der Waals surface area contributed by atoms with Crippen molar-refractivity contribution >= 4 is 15.9 Å². The quantitative estimate of drug-likeness (QED) is 0.921. The lowest BCUT2D eigenvalue weighted by Crippen LogP contribution is -2.10.